The first kappa shape index (κ1) is 56.4. The summed E-state index contributed by atoms with van der Waals surface area (Å²) in [6.07, 6.45) is 1.56. The average molecular weight is 938 g/mol. The van der Waals surface area contributed by atoms with Gasteiger partial charge >= 0.3 is 11.9 Å². The zero-order valence-corrected chi connectivity index (χ0v) is 41.7. The predicted molar refractivity (Wildman–Crippen MR) is 256 cm³/mol. The lowest BCUT2D eigenvalue weighted by molar-refractivity contribution is -0.148. The first-order chi connectivity index (χ1) is 31.7. The first-order valence-electron chi connectivity index (χ1n) is 23.8. The Balaban J connectivity index is 1.77. The number of nitrogens with zero attached hydrogens (tertiary/aromatic N) is 3. The fraction of sp³-hybridized carbons (Fsp3) is 0.647. The van der Waals surface area contributed by atoms with E-state index in [-0.39, 0.29) is 73.0 Å². The normalized spacial score (nSPS) is 17.6. The molecular formula is C51H79N5O11. The van der Waals surface area contributed by atoms with Crippen molar-refractivity contribution < 1.29 is 53.2 Å². The smallest absolute Gasteiger partial charge is 0.335 e. The summed E-state index contributed by atoms with van der Waals surface area (Å²) in [5.74, 6) is -4.07. The van der Waals surface area contributed by atoms with Gasteiger partial charge in [-0.25, -0.2) is 4.79 Å². The van der Waals surface area contributed by atoms with Crippen LogP contribution in [0.1, 0.15) is 108 Å². The number of likely N-dealkylation sites (N-methyl/N-ethyl adjacent to an activating group) is 2. The number of benzene rings is 2. The van der Waals surface area contributed by atoms with Crippen LogP contribution in [-0.2, 0) is 51.2 Å². The molecule has 3 rings (SSSR count). The Bertz CT molecular complexity index is 1880. The predicted octanol–water partition coefficient (Wildman–Crippen LogP) is 5.51. The number of carboxylic acids is 2. The van der Waals surface area contributed by atoms with Crippen LogP contribution in [0.5, 0.6) is 0 Å². The Morgan fingerprint density at radius 1 is 0.836 bits per heavy atom. The van der Waals surface area contributed by atoms with E-state index in [9.17, 15) is 33.9 Å². The molecule has 0 unspecified atom stereocenters. The molecule has 374 valence electrons. The summed E-state index contributed by atoms with van der Waals surface area (Å²) >= 11 is 0. The molecule has 9 atom stereocenters. The maximum Gasteiger partial charge on any atom is 0.335 e. The molecule has 1 aliphatic rings. The zero-order chi connectivity index (χ0) is 50.0. The van der Waals surface area contributed by atoms with Gasteiger partial charge in [0, 0.05) is 34.2 Å². The van der Waals surface area contributed by atoms with Gasteiger partial charge in [0.15, 0.2) is 0 Å². The molecule has 1 heterocycles. The van der Waals surface area contributed by atoms with Crippen molar-refractivity contribution in [1.82, 2.24) is 25.3 Å². The van der Waals surface area contributed by atoms with E-state index in [0.717, 1.165) is 17.5 Å². The first-order valence-corrected chi connectivity index (χ1v) is 23.8. The van der Waals surface area contributed by atoms with Crippen molar-refractivity contribution in [2.75, 3.05) is 48.0 Å². The van der Waals surface area contributed by atoms with Crippen LogP contribution < -0.4 is 10.6 Å². The highest BCUT2D eigenvalue weighted by molar-refractivity contribution is 5.90. The minimum Gasteiger partial charge on any atom is -0.481 e. The molecule has 16 nitrogen and oxygen atoms in total. The lowest BCUT2D eigenvalue weighted by Gasteiger charge is -2.41. The second-order valence-corrected chi connectivity index (χ2v) is 18.9. The van der Waals surface area contributed by atoms with Crippen molar-refractivity contribution in [1.29, 1.82) is 0 Å². The van der Waals surface area contributed by atoms with Crippen molar-refractivity contribution in [3.05, 3.63) is 71.3 Å². The molecule has 2 aromatic rings. The van der Waals surface area contributed by atoms with E-state index in [1.165, 1.54) is 19.2 Å². The SMILES string of the molecule is CC[C@H](C)[C@@H]([C@@H](CC(=O)N1CCC[C@H]1[C@H](OC)[C@@H](C)C(=O)N[C@H](COCc1ccc(C(=O)O)cc1)Cc1ccccc1)OC)N(C)C(=O)[C@@H](NC(=O)[C@H](C(C)C)N(C)CCCC(=O)O)C(C)C. The van der Waals surface area contributed by atoms with Crippen molar-refractivity contribution >= 4 is 35.6 Å². The zero-order valence-electron chi connectivity index (χ0n) is 41.7. The monoisotopic (exact) mass is 938 g/mol. The summed E-state index contributed by atoms with van der Waals surface area (Å²) in [6, 6.07) is 13.4. The van der Waals surface area contributed by atoms with Crippen molar-refractivity contribution in [3.8, 4) is 0 Å². The topological polar surface area (TPSA) is 204 Å². The number of carboxylic acid groups (broad SMARTS) is 2. The summed E-state index contributed by atoms with van der Waals surface area (Å²) in [4.78, 5) is 84.6. The summed E-state index contributed by atoms with van der Waals surface area (Å²) in [7, 11) is 6.58. The van der Waals surface area contributed by atoms with E-state index in [4.69, 9.17) is 19.3 Å². The van der Waals surface area contributed by atoms with Crippen LogP contribution in [0, 0.1) is 23.7 Å². The van der Waals surface area contributed by atoms with Crippen LogP contribution in [0.15, 0.2) is 54.6 Å². The minimum atomic E-state index is -1.01. The van der Waals surface area contributed by atoms with Crippen LogP contribution in [0.3, 0.4) is 0 Å². The molecule has 1 aliphatic heterocycles. The number of hydrogen-bond acceptors (Lipinski definition) is 10. The molecule has 0 aromatic heterocycles. The largest absolute Gasteiger partial charge is 0.481 e. The summed E-state index contributed by atoms with van der Waals surface area (Å²) in [5, 5.41) is 24.6. The van der Waals surface area contributed by atoms with Gasteiger partial charge in [-0.15, -0.1) is 0 Å². The number of carbonyl (C=O) groups excluding carboxylic acids is 4. The van der Waals surface area contributed by atoms with E-state index in [0.29, 0.717) is 38.8 Å². The fourth-order valence-electron chi connectivity index (χ4n) is 9.35. The van der Waals surface area contributed by atoms with Crippen LogP contribution >= 0.6 is 0 Å². The molecule has 1 saturated heterocycles. The van der Waals surface area contributed by atoms with Crippen LogP contribution in [-0.4, -0.2) is 151 Å². The Labute approximate surface area is 398 Å². The summed E-state index contributed by atoms with van der Waals surface area (Å²) < 4.78 is 18.2. The third-order valence-corrected chi connectivity index (χ3v) is 13.2. The molecule has 1 fully saturated rings. The maximum atomic E-state index is 14.5. The van der Waals surface area contributed by atoms with Gasteiger partial charge in [-0.1, -0.05) is 97.4 Å². The van der Waals surface area contributed by atoms with Crippen LogP contribution in [0.2, 0.25) is 0 Å². The Kier molecular flexibility index (Phi) is 23.4. The summed E-state index contributed by atoms with van der Waals surface area (Å²) in [5.41, 5.74) is 2.00. The van der Waals surface area contributed by atoms with E-state index in [2.05, 4.69) is 10.6 Å². The fourth-order valence-corrected chi connectivity index (χ4v) is 9.35. The average Bonchev–Trinajstić information content (AvgIpc) is 3.77. The van der Waals surface area contributed by atoms with Crippen molar-refractivity contribution in [2.45, 2.75) is 142 Å². The highest BCUT2D eigenvalue weighted by Gasteiger charge is 2.43. The third kappa shape index (κ3) is 16.7. The number of ether oxygens (including phenoxy) is 3. The van der Waals surface area contributed by atoms with Crippen LogP contribution in [0.4, 0.5) is 0 Å². The third-order valence-electron chi connectivity index (χ3n) is 13.2. The lowest BCUT2D eigenvalue weighted by Crippen LogP contribution is -2.60. The van der Waals surface area contributed by atoms with Gasteiger partial charge in [0.25, 0.3) is 0 Å². The summed E-state index contributed by atoms with van der Waals surface area (Å²) in [6.45, 7) is 14.7. The Morgan fingerprint density at radius 3 is 2.04 bits per heavy atom. The number of methoxy groups -OCH3 is 2. The van der Waals surface area contributed by atoms with Gasteiger partial charge in [-0.3, -0.25) is 28.9 Å². The highest BCUT2D eigenvalue weighted by atomic mass is 16.5. The number of nitrogens with one attached hydrogen (secondary N) is 2. The van der Waals surface area contributed by atoms with Gasteiger partial charge in [0.2, 0.25) is 23.6 Å². The Morgan fingerprint density at radius 2 is 1.49 bits per heavy atom. The van der Waals surface area contributed by atoms with Gasteiger partial charge in [0.1, 0.15) is 6.04 Å². The molecular weight excluding hydrogens is 859 g/mol. The van der Waals surface area contributed by atoms with Gasteiger partial charge in [0.05, 0.1) is 67.5 Å². The van der Waals surface area contributed by atoms with Crippen molar-refractivity contribution in [2.24, 2.45) is 23.7 Å². The second kappa shape index (κ2) is 27.8. The number of aromatic carboxylic acids is 1. The Hall–Kier alpha value is -4.90. The number of carbonyl (C=O) groups is 6. The standard InChI is InChI=1S/C51H79N5O11/c1-12-34(6)46(55(9)50(62)44(32(2)3)53-49(61)45(33(4)5)54(8)26-17-21-43(58)59)41(65-10)29-42(57)56-27-16-20-40(56)47(66-11)35(7)48(60)52-39(28-36-18-14-13-15-19-36)31-67-30-37-22-24-38(25-23-37)51(63)64/h13-15,18-19,22-25,32-35,39-41,44-47H,12,16-17,20-21,26-31H2,1-11H3,(H,52,60)(H,53,61)(H,58,59)(H,63,64)/t34-,35+,39-,40-,41+,44-,45-,46-,47+/m0/s1. The van der Waals surface area contributed by atoms with Gasteiger partial charge < -0.3 is 44.9 Å². The minimum absolute atomic E-state index is 0.0120. The maximum absolute atomic E-state index is 14.5. The number of aliphatic carboxylic acids is 1. The molecule has 67 heavy (non-hydrogen) atoms. The van der Waals surface area contributed by atoms with Crippen molar-refractivity contribution in [3.63, 3.8) is 0 Å². The van der Waals surface area contributed by atoms with E-state index < -0.39 is 60.3 Å². The molecule has 4 N–H and O–H groups in total. The molecule has 0 radical (unpaired) electrons. The van der Waals surface area contributed by atoms with Gasteiger partial charge in [-0.05, 0) is 80.3 Å². The van der Waals surface area contributed by atoms with Crippen LogP contribution in [0.25, 0.3) is 0 Å². The number of likely N-dealkylation sites (tertiary alicyclic amines) is 1. The van der Waals surface area contributed by atoms with E-state index in [1.807, 2.05) is 76.8 Å². The molecule has 0 saturated carbocycles. The molecule has 16 heteroatoms. The molecule has 4 amide bonds. The van der Waals surface area contributed by atoms with E-state index in [1.54, 1.807) is 50.1 Å². The quantitative estimate of drug-likeness (QED) is 0.0798. The number of rotatable bonds is 29. The molecule has 2 aromatic carbocycles. The lowest BCUT2D eigenvalue weighted by atomic mass is 9.89. The molecule has 0 bridgehead atoms. The number of amides is 4. The van der Waals surface area contributed by atoms with E-state index >= 15 is 0 Å². The number of hydrogen-bond donors (Lipinski definition) is 4. The molecule has 0 spiro atoms. The second-order valence-electron chi connectivity index (χ2n) is 18.9. The highest BCUT2D eigenvalue weighted by Crippen LogP contribution is 2.30. The van der Waals surface area contributed by atoms with Gasteiger partial charge in [-0.2, -0.15) is 0 Å². The molecule has 0 aliphatic carbocycles.